The van der Waals surface area contributed by atoms with Gasteiger partial charge in [0.15, 0.2) is 11.5 Å². The Morgan fingerprint density at radius 3 is 2.29 bits per heavy atom. The molecule has 1 aromatic heterocycles. The van der Waals surface area contributed by atoms with Crippen molar-refractivity contribution in [1.29, 1.82) is 0 Å². The van der Waals surface area contributed by atoms with E-state index in [0.717, 1.165) is 0 Å². The van der Waals surface area contributed by atoms with Crippen LogP contribution in [0.4, 0.5) is 13.2 Å². The number of carbonyl (C=O) groups excluding carboxylic acids is 3. The van der Waals surface area contributed by atoms with Crippen LogP contribution in [0.5, 0.6) is 0 Å². The summed E-state index contributed by atoms with van der Waals surface area (Å²) in [6.45, 7) is 5.77. The Balaban J connectivity index is 2.16. The highest BCUT2D eigenvalue weighted by atomic mass is 19.4. The number of nitrogens with two attached hydrogens (primary N) is 1. The van der Waals surface area contributed by atoms with Crippen LogP contribution in [0.15, 0.2) is 24.3 Å². The monoisotopic (exact) mass is 482 g/mol. The van der Waals surface area contributed by atoms with Gasteiger partial charge in [-0.2, -0.15) is 18.3 Å². The number of rotatable bonds is 12. The number of para-hydroxylation sites is 1. The largest absolute Gasteiger partial charge is 0.389 e. The highest BCUT2D eigenvalue weighted by Gasteiger charge is 2.33. The molecule has 1 atom stereocenters. The van der Waals surface area contributed by atoms with E-state index in [1.165, 1.54) is 0 Å². The zero-order valence-corrected chi connectivity index (χ0v) is 19.9. The van der Waals surface area contributed by atoms with Crippen molar-refractivity contribution in [3.8, 4) is 0 Å². The van der Waals surface area contributed by atoms with E-state index in [9.17, 15) is 27.6 Å². The van der Waals surface area contributed by atoms with Gasteiger partial charge < -0.3 is 11.1 Å². The fourth-order valence-electron chi connectivity index (χ4n) is 3.77. The molecule has 7 nitrogen and oxygen atoms in total. The molecular weight excluding hydrogens is 449 g/mol. The molecule has 0 fully saturated rings. The maximum atomic E-state index is 13.2. The second-order valence-electron chi connectivity index (χ2n) is 9.57. The van der Waals surface area contributed by atoms with Gasteiger partial charge in [0.05, 0.1) is 11.6 Å². The van der Waals surface area contributed by atoms with Crippen molar-refractivity contribution in [3.05, 3.63) is 30.0 Å². The summed E-state index contributed by atoms with van der Waals surface area (Å²) in [6.07, 6.45) is -3.46. The number of hydrogen-bond donors (Lipinski definition) is 2. The number of fused-ring (bicyclic) bond motifs is 1. The number of halogens is 3. The molecule has 1 heterocycles. The van der Waals surface area contributed by atoms with Gasteiger partial charge >= 0.3 is 6.18 Å². The molecule has 0 bridgehead atoms. The van der Waals surface area contributed by atoms with Crippen molar-refractivity contribution in [3.63, 3.8) is 0 Å². The molecule has 0 aliphatic carbocycles. The number of ketones is 1. The lowest BCUT2D eigenvalue weighted by molar-refractivity contribution is -0.135. The van der Waals surface area contributed by atoms with E-state index in [4.69, 9.17) is 5.73 Å². The second-order valence-corrected chi connectivity index (χ2v) is 9.57. The molecule has 34 heavy (non-hydrogen) atoms. The van der Waals surface area contributed by atoms with Crippen molar-refractivity contribution < 1.29 is 27.6 Å². The lowest BCUT2D eigenvalue weighted by atomic mass is 9.82. The first-order valence-corrected chi connectivity index (χ1v) is 11.4. The maximum absolute atomic E-state index is 13.2. The van der Waals surface area contributed by atoms with Gasteiger partial charge in [-0.25, -0.2) is 0 Å². The fraction of sp³-hybridized carbons (Fsp3) is 0.583. The van der Waals surface area contributed by atoms with E-state index in [-0.39, 0.29) is 43.7 Å². The van der Waals surface area contributed by atoms with Gasteiger partial charge in [0.2, 0.25) is 5.91 Å². The Labute approximate surface area is 197 Å². The van der Waals surface area contributed by atoms with Crippen LogP contribution in [0.25, 0.3) is 10.9 Å². The average Bonchev–Trinajstić information content (AvgIpc) is 3.09. The number of alkyl halides is 3. The summed E-state index contributed by atoms with van der Waals surface area (Å²) < 4.78 is 38.9. The molecule has 3 N–H and O–H groups in total. The molecule has 10 heteroatoms. The molecule has 0 aliphatic heterocycles. The van der Waals surface area contributed by atoms with E-state index < -0.39 is 35.9 Å². The van der Waals surface area contributed by atoms with E-state index in [2.05, 4.69) is 10.4 Å². The summed E-state index contributed by atoms with van der Waals surface area (Å²) in [5.41, 5.74) is 5.34. The van der Waals surface area contributed by atoms with Crippen LogP contribution in [-0.4, -0.2) is 39.6 Å². The molecule has 0 unspecified atom stereocenters. The number of primary amides is 1. The number of carbonyl (C=O) groups is 3. The van der Waals surface area contributed by atoms with Crippen molar-refractivity contribution in [2.45, 2.75) is 84.5 Å². The van der Waals surface area contributed by atoms with Crippen LogP contribution in [0.3, 0.4) is 0 Å². The molecular formula is C24H33F3N4O3. The second kappa shape index (κ2) is 11.5. The molecule has 0 spiro atoms. The molecule has 188 valence electrons. The number of amides is 2. The summed E-state index contributed by atoms with van der Waals surface area (Å²) in [7, 11) is 0. The topological polar surface area (TPSA) is 107 Å². The van der Waals surface area contributed by atoms with Crippen molar-refractivity contribution in [2.24, 2.45) is 11.1 Å². The highest BCUT2D eigenvalue weighted by Crippen LogP contribution is 2.25. The minimum atomic E-state index is -4.20. The molecule has 2 aromatic rings. The number of hydrogen-bond acceptors (Lipinski definition) is 4. The van der Waals surface area contributed by atoms with Crippen molar-refractivity contribution in [1.82, 2.24) is 15.1 Å². The number of unbranched alkanes of at least 4 members (excludes halogenated alkanes) is 2. The van der Waals surface area contributed by atoms with Crippen LogP contribution in [0, 0.1) is 5.41 Å². The minimum Gasteiger partial charge on any atom is -0.370 e. The quantitative estimate of drug-likeness (QED) is 0.434. The average molecular weight is 483 g/mol. The molecule has 0 saturated carbocycles. The smallest absolute Gasteiger partial charge is 0.370 e. The number of nitrogens with zero attached hydrogens (tertiary/aromatic N) is 2. The lowest BCUT2D eigenvalue weighted by Crippen LogP contribution is -2.49. The summed E-state index contributed by atoms with van der Waals surface area (Å²) in [6, 6.07) is 6.23. The zero-order chi connectivity index (χ0) is 25.5. The van der Waals surface area contributed by atoms with Crippen molar-refractivity contribution in [2.75, 3.05) is 0 Å². The predicted molar refractivity (Wildman–Crippen MR) is 123 cm³/mol. The highest BCUT2D eigenvalue weighted by molar-refractivity contribution is 6.06. The molecule has 2 rings (SSSR count). The standard InChI is InChI=1S/C24H33F3N4O3/c1-23(2,3)21(18(32)12-6-7-13-19(28)33)29-22(34)20-16-10-4-5-11-17(16)31(30-20)15-9-8-14-24(25,26)27/h4-5,10-11,21H,6-9,12-15H2,1-3H3,(H2,28,33)(H,29,34)/t21-/m1/s1. The Hall–Kier alpha value is -2.91. The zero-order valence-electron chi connectivity index (χ0n) is 19.9. The third-order valence-corrected chi connectivity index (χ3v) is 5.51. The van der Waals surface area contributed by atoms with E-state index >= 15 is 0 Å². The van der Waals surface area contributed by atoms with Gasteiger partial charge in [0.1, 0.15) is 0 Å². The Morgan fingerprint density at radius 2 is 1.68 bits per heavy atom. The van der Waals surface area contributed by atoms with Gasteiger partial charge in [-0.15, -0.1) is 0 Å². The Kier molecular flexibility index (Phi) is 9.23. The van der Waals surface area contributed by atoms with Crippen LogP contribution in [0.2, 0.25) is 0 Å². The predicted octanol–water partition coefficient (Wildman–Crippen LogP) is 4.53. The van der Waals surface area contributed by atoms with Gasteiger partial charge in [-0.1, -0.05) is 39.0 Å². The SMILES string of the molecule is CC(C)(C)[C@H](NC(=O)c1nn(CCCCC(F)(F)F)c2ccccc12)C(=O)CCCCC(N)=O. The van der Waals surface area contributed by atoms with E-state index in [0.29, 0.717) is 23.7 Å². The van der Waals surface area contributed by atoms with Crippen LogP contribution in [-0.2, 0) is 16.1 Å². The third-order valence-electron chi connectivity index (χ3n) is 5.51. The first kappa shape index (κ1) is 27.3. The van der Waals surface area contributed by atoms with Gasteiger partial charge in [0, 0.05) is 31.2 Å². The number of benzene rings is 1. The molecule has 2 amide bonds. The summed E-state index contributed by atoms with van der Waals surface area (Å²) in [5.74, 6) is -1.09. The van der Waals surface area contributed by atoms with Gasteiger partial charge in [0.25, 0.3) is 5.91 Å². The van der Waals surface area contributed by atoms with Gasteiger partial charge in [-0.3, -0.25) is 19.1 Å². The summed E-state index contributed by atoms with van der Waals surface area (Å²) in [5, 5.41) is 7.75. The molecule has 0 radical (unpaired) electrons. The molecule has 0 saturated heterocycles. The van der Waals surface area contributed by atoms with Crippen LogP contribution in [0.1, 0.15) is 76.2 Å². The number of aryl methyl sites for hydroxylation is 1. The lowest BCUT2D eigenvalue weighted by Gasteiger charge is -2.30. The van der Waals surface area contributed by atoms with E-state index in [1.54, 1.807) is 28.9 Å². The maximum Gasteiger partial charge on any atom is 0.389 e. The van der Waals surface area contributed by atoms with Crippen LogP contribution >= 0.6 is 0 Å². The van der Waals surface area contributed by atoms with Gasteiger partial charge in [-0.05, 0) is 37.2 Å². The minimum absolute atomic E-state index is 0.0322. The Bertz CT molecular complexity index is 1010. The molecule has 0 aliphatic rings. The van der Waals surface area contributed by atoms with E-state index in [1.807, 2.05) is 20.8 Å². The molecule has 1 aromatic carbocycles. The third kappa shape index (κ3) is 8.14. The summed E-state index contributed by atoms with van der Waals surface area (Å²) >= 11 is 0. The Morgan fingerprint density at radius 1 is 1.03 bits per heavy atom. The number of Topliss-reactive ketones (excluding diaryl/α,β-unsaturated/α-hetero) is 1. The van der Waals surface area contributed by atoms with Crippen molar-refractivity contribution >= 4 is 28.5 Å². The fourth-order valence-corrected chi connectivity index (χ4v) is 3.77. The van der Waals surface area contributed by atoms with Crippen LogP contribution < -0.4 is 11.1 Å². The first-order chi connectivity index (χ1) is 15.8. The summed E-state index contributed by atoms with van der Waals surface area (Å²) in [4.78, 5) is 36.9. The first-order valence-electron chi connectivity index (χ1n) is 11.4. The number of nitrogens with one attached hydrogen (secondary N) is 1. The normalized spacial score (nSPS) is 13.1. The number of aromatic nitrogens is 2.